The van der Waals surface area contributed by atoms with Crippen LogP contribution < -0.4 is 0 Å². The van der Waals surface area contributed by atoms with Gasteiger partial charge in [-0.1, -0.05) is 30.3 Å². The Kier molecular flexibility index (Phi) is 5.12. The van der Waals surface area contributed by atoms with Gasteiger partial charge >= 0.3 is 5.97 Å². The van der Waals surface area contributed by atoms with Gasteiger partial charge in [0.2, 0.25) is 0 Å². The summed E-state index contributed by atoms with van der Waals surface area (Å²) in [5.41, 5.74) is 0.638. The summed E-state index contributed by atoms with van der Waals surface area (Å²) in [5, 5.41) is 11.6. The average molecular weight is 382 g/mol. The molecule has 1 saturated heterocycles. The van der Waals surface area contributed by atoms with Crippen molar-refractivity contribution in [1.29, 1.82) is 0 Å². The fraction of sp³-hybridized carbons (Fsp3) is 0.300. The van der Waals surface area contributed by atoms with Crippen LogP contribution >= 0.6 is 0 Å². The van der Waals surface area contributed by atoms with Gasteiger partial charge in [-0.15, -0.1) is 5.10 Å². The molecule has 2 aromatic carbocycles. The molecule has 0 amide bonds. The van der Waals surface area contributed by atoms with Crippen LogP contribution in [0, 0.1) is 5.82 Å². The number of carbonyl (C=O) groups excluding carboxylic acids is 1. The topological polar surface area (TPSA) is 79.1 Å². The molecule has 144 valence electrons. The van der Waals surface area contributed by atoms with E-state index in [1.165, 1.54) is 16.8 Å². The molecule has 3 aromatic rings. The molecule has 0 N–H and O–H groups in total. The zero-order chi connectivity index (χ0) is 19.4. The Morgan fingerprint density at radius 2 is 1.82 bits per heavy atom. The van der Waals surface area contributed by atoms with E-state index in [1.807, 2.05) is 30.3 Å². The molecule has 0 bridgehead atoms. The van der Waals surface area contributed by atoms with Crippen LogP contribution in [0.25, 0.3) is 5.69 Å². The van der Waals surface area contributed by atoms with E-state index in [2.05, 4.69) is 15.5 Å². The fourth-order valence-electron chi connectivity index (χ4n) is 3.43. The Balaban J connectivity index is 1.55. The molecule has 1 aliphatic heterocycles. The largest absolute Gasteiger partial charge is 0.457 e. The summed E-state index contributed by atoms with van der Waals surface area (Å²) >= 11 is 0. The second-order valence-corrected chi connectivity index (χ2v) is 6.62. The Hall–Kier alpha value is -3.13. The van der Waals surface area contributed by atoms with Crippen LogP contribution in [-0.2, 0) is 26.3 Å². The van der Waals surface area contributed by atoms with Crippen LogP contribution in [0.4, 0.5) is 4.39 Å². The molecule has 4 rings (SSSR count). The second kappa shape index (κ2) is 7.85. The highest BCUT2D eigenvalue weighted by atomic mass is 19.1. The Morgan fingerprint density at radius 1 is 1.11 bits per heavy atom. The molecule has 28 heavy (non-hydrogen) atoms. The zero-order valence-corrected chi connectivity index (χ0v) is 15.1. The highest BCUT2D eigenvalue weighted by Gasteiger charge is 2.43. The predicted molar refractivity (Wildman–Crippen MR) is 97.1 cm³/mol. The van der Waals surface area contributed by atoms with Gasteiger partial charge in [-0.25, -0.2) is 4.39 Å². The molecule has 1 aromatic heterocycles. The van der Waals surface area contributed by atoms with E-state index in [0.29, 0.717) is 31.9 Å². The van der Waals surface area contributed by atoms with Crippen LogP contribution in [-0.4, -0.2) is 39.4 Å². The molecule has 0 atom stereocenters. The molecule has 0 unspecified atom stereocenters. The van der Waals surface area contributed by atoms with Gasteiger partial charge in [-0.3, -0.25) is 4.79 Å². The van der Waals surface area contributed by atoms with E-state index in [9.17, 15) is 9.18 Å². The number of para-hydroxylation sites is 1. The first kappa shape index (κ1) is 18.2. The maximum absolute atomic E-state index is 13.4. The molecule has 1 aliphatic rings. The number of ether oxygens (including phenoxy) is 2. The lowest BCUT2D eigenvalue weighted by Crippen LogP contribution is -2.42. The lowest BCUT2D eigenvalue weighted by Gasteiger charge is -2.35. The van der Waals surface area contributed by atoms with Gasteiger partial charge in [0.1, 0.15) is 5.82 Å². The van der Waals surface area contributed by atoms with Gasteiger partial charge < -0.3 is 9.47 Å². The van der Waals surface area contributed by atoms with Crippen molar-refractivity contribution >= 4 is 5.97 Å². The number of tetrazole rings is 1. The molecular weight excluding hydrogens is 363 g/mol. The number of hydrogen-bond acceptors (Lipinski definition) is 6. The van der Waals surface area contributed by atoms with Gasteiger partial charge in [0.15, 0.2) is 12.4 Å². The van der Waals surface area contributed by atoms with Gasteiger partial charge in [0, 0.05) is 13.2 Å². The Morgan fingerprint density at radius 3 is 2.54 bits per heavy atom. The molecule has 0 radical (unpaired) electrons. The van der Waals surface area contributed by atoms with E-state index in [1.54, 1.807) is 12.1 Å². The van der Waals surface area contributed by atoms with Crippen LogP contribution in [0.2, 0.25) is 0 Å². The van der Waals surface area contributed by atoms with Crippen LogP contribution in [0.1, 0.15) is 24.2 Å². The van der Waals surface area contributed by atoms with Crippen molar-refractivity contribution in [3.8, 4) is 5.69 Å². The monoisotopic (exact) mass is 382 g/mol. The summed E-state index contributed by atoms with van der Waals surface area (Å²) in [6.45, 7) is 0.812. The lowest BCUT2D eigenvalue weighted by molar-refractivity contribution is -0.156. The highest BCUT2D eigenvalue weighted by Crippen LogP contribution is 2.36. The lowest BCUT2D eigenvalue weighted by atomic mass is 9.74. The zero-order valence-electron chi connectivity index (χ0n) is 15.1. The van der Waals surface area contributed by atoms with E-state index >= 15 is 0 Å². The third-order valence-electron chi connectivity index (χ3n) is 5.00. The molecule has 8 heteroatoms. The highest BCUT2D eigenvalue weighted by molar-refractivity contribution is 5.83. The van der Waals surface area contributed by atoms with Gasteiger partial charge in [-0.05, 0) is 53.1 Å². The first-order valence-electron chi connectivity index (χ1n) is 9.03. The van der Waals surface area contributed by atoms with Crippen molar-refractivity contribution in [3.05, 3.63) is 71.8 Å². The SMILES string of the molecule is O=C(OCc1nnnn1-c1ccccc1)C1(c2ccc(F)cc2)CCOCC1. The summed E-state index contributed by atoms with van der Waals surface area (Å²) < 4.78 is 25.9. The number of nitrogens with zero attached hydrogens (tertiary/aromatic N) is 4. The van der Waals surface area contributed by atoms with E-state index < -0.39 is 5.41 Å². The number of rotatable bonds is 5. The average Bonchev–Trinajstić information content (AvgIpc) is 3.22. The minimum atomic E-state index is -0.864. The molecule has 7 nitrogen and oxygen atoms in total. The first-order chi connectivity index (χ1) is 13.7. The standard InChI is InChI=1S/C20H19FN4O3/c21-16-8-6-15(7-9-16)20(10-12-27-13-11-20)19(26)28-14-18-22-23-24-25(18)17-4-2-1-3-5-17/h1-9H,10-14H2. The van der Waals surface area contributed by atoms with E-state index in [4.69, 9.17) is 9.47 Å². The van der Waals surface area contributed by atoms with Crippen LogP contribution in [0.5, 0.6) is 0 Å². The van der Waals surface area contributed by atoms with Crippen LogP contribution in [0.15, 0.2) is 54.6 Å². The van der Waals surface area contributed by atoms with E-state index in [-0.39, 0.29) is 18.4 Å². The van der Waals surface area contributed by atoms with Gasteiger partial charge in [0.05, 0.1) is 11.1 Å². The molecule has 1 fully saturated rings. The minimum Gasteiger partial charge on any atom is -0.457 e. The van der Waals surface area contributed by atoms with Crippen molar-refractivity contribution in [2.75, 3.05) is 13.2 Å². The molecule has 0 aliphatic carbocycles. The van der Waals surface area contributed by atoms with Crippen molar-refractivity contribution in [2.45, 2.75) is 24.9 Å². The maximum atomic E-state index is 13.4. The third kappa shape index (κ3) is 3.50. The molecule has 0 saturated carbocycles. The van der Waals surface area contributed by atoms with Crippen molar-refractivity contribution < 1.29 is 18.7 Å². The molecule has 0 spiro atoms. The predicted octanol–water partition coefficient (Wildman–Crippen LogP) is 2.59. The normalized spacial score (nSPS) is 15.9. The van der Waals surface area contributed by atoms with Crippen molar-refractivity contribution in [2.24, 2.45) is 0 Å². The number of benzene rings is 2. The Labute approximate surface area is 161 Å². The number of carbonyl (C=O) groups is 1. The summed E-state index contributed by atoms with van der Waals surface area (Å²) in [7, 11) is 0. The number of hydrogen-bond donors (Lipinski definition) is 0. The van der Waals surface area contributed by atoms with Gasteiger partial charge in [-0.2, -0.15) is 4.68 Å². The van der Waals surface area contributed by atoms with Crippen molar-refractivity contribution in [3.63, 3.8) is 0 Å². The first-order valence-corrected chi connectivity index (χ1v) is 9.03. The number of esters is 1. The molecular formula is C20H19FN4O3. The second-order valence-electron chi connectivity index (χ2n) is 6.62. The quantitative estimate of drug-likeness (QED) is 0.631. The summed E-state index contributed by atoms with van der Waals surface area (Å²) in [5.74, 6) is -0.313. The minimum absolute atomic E-state index is 0.0650. The van der Waals surface area contributed by atoms with E-state index in [0.717, 1.165) is 11.3 Å². The van der Waals surface area contributed by atoms with Crippen molar-refractivity contribution in [1.82, 2.24) is 20.2 Å². The summed E-state index contributed by atoms with van der Waals surface area (Å²) in [6.07, 6.45) is 0.947. The summed E-state index contributed by atoms with van der Waals surface area (Å²) in [4.78, 5) is 13.1. The smallest absolute Gasteiger partial charge is 0.317 e. The number of aromatic nitrogens is 4. The summed E-state index contributed by atoms with van der Waals surface area (Å²) in [6, 6.07) is 15.3. The Bertz CT molecular complexity index is 938. The maximum Gasteiger partial charge on any atom is 0.317 e. The van der Waals surface area contributed by atoms with Crippen LogP contribution in [0.3, 0.4) is 0 Å². The van der Waals surface area contributed by atoms with Gasteiger partial charge in [0.25, 0.3) is 0 Å². The fourth-order valence-corrected chi connectivity index (χ4v) is 3.43. The number of halogens is 1. The third-order valence-corrected chi connectivity index (χ3v) is 5.00. The molecule has 2 heterocycles.